The van der Waals surface area contributed by atoms with Gasteiger partial charge in [0.25, 0.3) is 0 Å². The molecule has 186 valence electrons. The third-order valence-corrected chi connectivity index (χ3v) is 7.04. The molecule has 0 bridgehead atoms. The van der Waals surface area contributed by atoms with Gasteiger partial charge in [-0.2, -0.15) is 0 Å². The maximum absolute atomic E-state index is 12.8. The van der Waals surface area contributed by atoms with Gasteiger partial charge in [-0.15, -0.1) is 11.3 Å². The van der Waals surface area contributed by atoms with Crippen LogP contribution in [0, 0.1) is 24.2 Å². The Bertz CT molecular complexity index is 810. The second kappa shape index (κ2) is 14.5. The van der Waals surface area contributed by atoms with Gasteiger partial charge >= 0.3 is 0 Å². The molecule has 0 aromatic carbocycles. The molecule has 0 saturated heterocycles. The number of hydrogen-bond acceptors (Lipinski definition) is 5. The Morgan fingerprint density at radius 3 is 2.55 bits per heavy atom. The van der Waals surface area contributed by atoms with Crippen molar-refractivity contribution >= 4 is 29.1 Å². The summed E-state index contributed by atoms with van der Waals surface area (Å²) in [6, 6.07) is 0. The van der Waals surface area contributed by atoms with Crippen molar-refractivity contribution in [3.05, 3.63) is 33.8 Å². The van der Waals surface area contributed by atoms with E-state index in [2.05, 4.69) is 35.6 Å². The molecular weight excluding hydrogens is 432 g/mol. The summed E-state index contributed by atoms with van der Waals surface area (Å²) in [7, 11) is 0. The van der Waals surface area contributed by atoms with E-state index in [0.717, 1.165) is 42.8 Å². The Labute approximate surface area is 204 Å². The Hall–Kier alpha value is -1.79. The summed E-state index contributed by atoms with van der Waals surface area (Å²) in [4.78, 5) is 29.0. The molecule has 0 spiro atoms. The Kier molecular flexibility index (Phi) is 12.8. The zero-order valence-electron chi connectivity index (χ0n) is 21.6. The number of carbonyl (C=O) groups excluding carboxylic acids is 2. The monoisotopic (exact) mass is 476 g/mol. The number of Topliss-reactive ketones (excluding diaryl/α,β-unsaturated/α-hetero) is 1. The fourth-order valence-electron chi connectivity index (χ4n) is 4.12. The fourth-order valence-corrected chi connectivity index (χ4v) is 4.70. The van der Waals surface area contributed by atoms with E-state index in [-0.39, 0.29) is 24.0 Å². The highest BCUT2D eigenvalue weighted by Crippen LogP contribution is 2.31. The second-order valence-corrected chi connectivity index (χ2v) is 11.0. The fraction of sp³-hybridized carbons (Fsp3) is 0.667. The van der Waals surface area contributed by atoms with E-state index in [1.165, 1.54) is 5.57 Å². The molecule has 33 heavy (non-hydrogen) atoms. The predicted octanol–water partition coefficient (Wildman–Crippen LogP) is 6.12. The number of aliphatic hydroxyl groups excluding tert-OH is 1. The molecule has 0 fully saturated rings. The van der Waals surface area contributed by atoms with Gasteiger partial charge in [0.05, 0.1) is 28.6 Å². The van der Waals surface area contributed by atoms with Gasteiger partial charge in [-0.1, -0.05) is 51.8 Å². The summed E-state index contributed by atoms with van der Waals surface area (Å²) in [5.74, 6) is 0.249. The summed E-state index contributed by atoms with van der Waals surface area (Å²) in [5.41, 5.74) is 1.53. The predicted molar refractivity (Wildman–Crippen MR) is 139 cm³/mol. The van der Waals surface area contributed by atoms with Crippen LogP contribution in [0.15, 0.2) is 23.1 Å². The number of nitrogens with zero attached hydrogens (tertiary/aromatic N) is 1. The van der Waals surface area contributed by atoms with E-state index in [4.69, 9.17) is 0 Å². The highest BCUT2D eigenvalue weighted by atomic mass is 32.1. The lowest BCUT2D eigenvalue weighted by molar-refractivity contribution is -0.139. The molecule has 6 heteroatoms. The van der Waals surface area contributed by atoms with Crippen LogP contribution in [0.25, 0.3) is 6.08 Å². The van der Waals surface area contributed by atoms with Gasteiger partial charge < -0.3 is 10.4 Å². The van der Waals surface area contributed by atoms with Crippen molar-refractivity contribution in [2.75, 3.05) is 6.54 Å². The van der Waals surface area contributed by atoms with Crippen molar-refractivity contribution < 1.29 is 14.7 Å². The number of aryl methyl sites for hydroxylation is 1. The Morgan fingerprint density at radius 1 is 1.24 bits per heavy atom. The quantitative estimate of drug-likeness (QED) is 0.479. The molecule has 1 aliphatic rings. The summed E-state index contributed by atoms with van der Waals surface area (Å²) >= 11 is 1.68. The SMILES string of the molecule is C/C1=C/CCNC(=O)CC(O)C(C)(C)C(=O)C(C)CC(C)CCC1.C/C=C\c1csc(C)n1. The van der Waals surface area contributed by atoms with Crippen LogP contribution in [-0.2, 0) is 9.59 Å². The first kappa shape index (κ1) is 29.2. The smallest absolute Gasteiger partial charge is 0.222 e. The molecule has 1 aromatic rings. The van der Waals surface area contributed by atoms with E-state index in [1.807, 2.05) is 32.9 Å². The first-order chi connectivity index (χ1) is 15.5. The van der Waals surface area contributed by atoms with Crippen molar-refractivity contribution in [3.63, 3.8) is 0 Å². The number of aromatic nitrogens is 1. The minimum Gasteiger partial charge on any atom is -0.392 e. The first-order valence-electron chi connectivity index (χ1n) is 12.2. The van der Waals surface area contributed by atoms with Gasteiger partial charge in [-0.3, -0.25) is 9.59 Å². The molecular formula is C27H44N2O3S. The molecule has 1 aromatic heterocycles. The summed E-state index contributed by atoms with van der Waals surface area (Å²) < 4.78 is 0. The summed E-state index contributed by atoms with van der Waals surface area (Å²) in [5, 5.41) is 16.4. The average molecular weight is 477 g/mol. The van der Waals surface area contributed by atoms with Crippen LogP contribution in [0.1, 0.15) is 90.8 Å². The normalized spacial score (nSPS) is 27.3. The van der Waals surface area contributed by atoms with Gasteiger partial charge in [0.2, 0.25) is 5.91 Å². The minimum absolute atomic E-state index is 0.0241. The van der Waals surface area contributed by atoms with Crippen molar-refractivity contribution in [3.8, 4) is 0 Å². The first-order valence-corrected chi connectivity index (χ1v) is 13.0. The zero-order chi connectivity index (χ0) is 25.0. The van der Waals surface area contributed by atoms with Gasteiger partial charge in [-0.25, -0.2) is 4.98 Å². The van der Waals surface area contributed by atoms with Crippen LogP contribution >= 0.6 is 11.3 Å². The molecule has 1 aliphatic heterocycles. The number of carbonyl (C=O) groups is 2. The molecule has 3 atom stereocenters. The summed E-state index contributed by atoms with van der Waals surface area (Å²) in [6.45, 7) is 14.4. The van der Waals surface area contributed by atoms with Crippen LogP contribution in [0.4, 0.5) is 0 Å². The van der Waals surface area contributed by atoms with Crippen LogP contribution in [0.3, 0.4) is 0 Å². The van der Waals surface area contributed by atoms with E-state index >= 15 is 0 Å². The molecule has 0 radical (unpaired) electrons. The molecule has 1 amide bonds. The maximum atomic E-state index is 12.8. The number of thiazole rings is 1. The van der Waals surface area contributed by atoms with E-state index in [1.54, 1.807) is 25.2 Å². The van der Waals surface area contributed by atoms with Gasteiger partial charge in [0.15, 0.2) is 0 Å². The van der Waals surface area contributed by atoms with Crippen LogP contribution in [-0.4, -0.2) is 34.4 Å². The largest absolute Gasteiger partial charge is 0.392 e. The van der Waals surface area contributed by atoms with Crippen molar-refractivity contribution in [1.82, 2.24) is 10.3 Å². The number of ketones is 1. The number of allylic oxidation sites excluding steroid dienone is 2. The molecule has 2 N–H and O–H groups in total. The lowest BCUT2D eigenvalue weighted by atomic mass is 9.74. The minimum atomic E-state index is -0.951. The third kappa shape index (κ3) is 10.8. The van der Waals surface area contributed by atoms with E-state index < -0.39 is 11.5 Å². The maximum Gasteiger partial charge on any atom is 0.222 e. The number of rotatable bonds is 1. The summed E-state index contributed by atoms with van der Waals surface area (Å²) in [6.07, 6.45) is 10.2. The lowest BCUT2D eigenvalue weighted by Crippen LogP contribution is -2.43. The van der Waals surface area contributed by atoms with Gasteiger partial charge in [0.1, 0.15) is 5.78 Å². The number of aliphatic hydroxyl groups is 1. The number of nitrogens with one attached hydrogen (secondary N) is 1. The van der Waals surface area contributed by atoms with Crippen LogP contribution < -0.4 is 5.32 Å². The molecule has 0 saturated carbocycles. The number of hydrogen-bond donors (Lipinski definition) is 2. The molecule has 2 rings (SSSR count). The third-order valence-electron chi connectivity index (χ3n) is 6.25. The zero-order valence-corrected chi connectivity index (χ0v) is 22.4. The van der Waals surface area contributed by atoms with Crippen LogP contribution in [0.5, 0.6) is 0 Å². The molecule has 5 nitrogen and oxygen atoms in total. The molecule has 3 unspecified atom stereocenters. The highest BCUT2D eigenvalue weighted by Gasteiger charge is 2.39. The number of amides is 1. The van der Waals surface area contributed by atoms with Crippen LogP contribution in [0.2, 0.25) is 0 Å². The second-order valence-electron chi connectivity index (χ2n) is 9.92. The van der Waals surface area contributed by atoms with E-state index in [9.17, 15) is 14.7 Å². The Morgan fingerprint density at radius 2 is 1.94 bits per heavy atom. The Balaban J connectivity index is 0.000000502. The van der Waals surface area contributed by atoms with E-state index in [0.29, 0.717) is 12.5 Å². The van der Waals surface area contributed by atoms with Gasteiger partial charge in [0, 0.05) is 17.8 Å². The van der Waals surface area contributed by atoms with Gasteiger partial charge in [-0.05, 0) is 58.4 Å². The highest BCUT2D eigenvalue weighted by molar-refractivity contribution is 7.09. The molecule has 0 aliphatic carbocycles. The lowest BCUT2D eigenvalue weighted by Gasteiger charge is -2.32. The topological polar surface area (TPSA) is 79.3 Å². The van der Waals surface area contributed by atoms with Crippen molar-refractivity contribution in [2.45, 2.75) is 93.1 Å². The standard InChI is InChI=1S/C20H35NO3.C7H9NS/c1-14-8-6-9-15(2)12-16(3)19(24)20(4,5)17(22)13-18(23)21-11-7-10-14;1-3-4-7-5-9-6(2)8-7/h10,15-17,22H,6-9,11-13H2,1-5H3,(H,21,23);3-5H,1-2H3/b14-10-;4-3-. The average Bonchev–Trinajstić information content (AvgIpc) is 3.15. The van der Waals surface area contributed by atoms with Crippen molar-refractivity contribution in [1.29, 1.82) is 0 Å². The van der Waals surface area contributed by atoms with Crippen molar-refractivity contribution in [2.24, 2.45) is 17.3 Å². The molecule has 2 heterocycles.